The van der Waals surface area contributed by atoms with Crippen molar-refractivity contribution < 1.29 is 5.11 Å². The molecule has 1 aromatic carbocycles. The smallest absolute Gasteiger partial charge is 0.326 e. The van der Waals surface area contributed by atoms with Gasteiger partial charge in [0.2, 0.25) is 5.88 Å². The van der Waals surface area contributed by atoms with Crippen molar-refractivity contribution in [3.63, 3.8) is 0 Å². The minimum atomic E-state index is -0.483. The van der Waals surface area contributed by atoms with Gasteiger partial charge >= 0.3 is 5.69 Å². The minimum absolute atomic E-state index is 0.231. The number of aromatic amines is 2. The number of rotatable bonds is 6. The lowest BCUT2D eigenvalue weighted by Gasteiger charge is -2.17. The van der Waals surface area contributed by atoms with Gasteiger partial charge in [0, 0.05) is 24.0 Å². The van der Waals surface area contributed by atoms with Crippen LogP contribution in [-0.4, -0.2) is 47.7 Å². The molecule has 0 fully saturated rings. The molecular weight excluding hydrogens is 382 g/mol. The van der Waals surface area contributed by atoms with Crippen LogP contribution in [0, 0.1) is 0 Å². The van der Waals surface area contributed by atoms with Crippen LogP contribution in [0.15, 0.2) is 52.5 Å². The van der Waals surface area contributed by atoms with Crippen LogP contribution in [0.5, 0.6) is 5.88 Å². The molecule has 0 aliphatic heterocycles. The lowest BCUT2D eigenvalue weighted by atomic mass is 10.2. The number of aromatic hydroxyl groups is 1. The standard InChI is InChI=1S/C21H23N7O2/c1-3-27(4-2)13-14-6-5-7-16(10-14)23-18-8-9-28-19(25-18)15(12-22-28)11-17-20(29)26-21(30)24-17/h5-12,29H,3-4,13H2,1-2H3,(H2,24,26,30). The molecule has 3 N–H and O–H groups in total. The summed E-state index contributed by atoms with van der Waals surface area (Å²) in [6.07, 6.45) is 5.00. The summed E-state index contributed by atoms with van der Waals surface area (Å²) in [4.78, 5) is 27.8. The van der Waals surface area contributed by atoms with Crippen molar-refractivity contribution in [3.05, 3.63) is 75.2 Å². The molecule has 4 rings (SSSR count). The normalized spacial score (nSPS) is 13.0. The number of hydrogen-bond donors (Lipinski definition) is 3. The summed E-state index contributed by atoms with van der Waals surface area (Å²) in [5.74, 6) is -0.231. The Morgan fingerprint density at radius 3 is 2.80 bits per heavy atom. The van der Waals surface area contributed by atoms with E-state index >= 15 is 0 Å². The van der Waals surface area contributed by atoms with Crippen molar-refractivity contribution in [2.75, 3.05) is 13.1 Å². The van der Waals surface area contributed by atoms with E-state index in [1.54, 1.807) is 29.1 Å². The monoisotopic (exact) mass is 405 g/mol. The number of H-pyrrole nitrogens is 2. The summed E-state index contributed by atoms with van der Waals surface area (Å²) in [5.41, 5.74) is 2.92. The fourth-order valence-corrected chi connectivity index (χ4v) is 3.25. The van der Waals surface area contributed by atoms with Crippen LogP contribution in [0.4, 0.5) is 5.69 Å². The molecule has 0 unspecified atom stereocenters. The number of hydrogen-bond acceptors (Lipinski definition) is 6. The van der Waals surface area contributed by atoms with Gasteiger partial charge in [-0.2, -0.15) is 5.10 Å². The number of nitrogens with one attached hydrogen (secondary N) is 2. The molecule has 3 heterocycles. The fraction of sp³-hybridized carbons (Fsp3) is 0.238. The molecule has 0 spiro atoms. The second-order valence-electron chi connectivity index (χ2n) is 6.88. The number of fused-ring (bicyclic) bond motifs is 1. The Morgan fingerprint density at radius 2 is 2.07 bits per heavy atom. The quantitative estimate of drug-likeness (QED) is 0.444. The molecule has 0 bridgehead atoms. The first-order chi connectivity index (χ1) is 14.6. The van der Waals surface area contributed by atoms with E-state index in [4.69, 9.17) is 0 Å². The van der Waals surface area contributed by atoms with E-state index < -0.39 is 5.69 Å². The number of benzene rings is 1. The van der Waals surface area contributed by atoms with E-state index in [0.717, 1.165) is 25.3 Å². The van der Waals surface area contributed by atoms with Crippen molar-refractivity contribution in [3.8, 4) is 5.88 Å². The fourth-order valence-electron chi connectivity index (χ4n) is 3.25. The maximum absolute atomic E-state index is 11.3. The van der Waals surface area contributed by atoms with Gasteiger partial charge in [0.15, 0.2) is 11.1 Å². The summed E-state index contributed by atoms with van der Waals surface area (Å²) >= 11 is 0. The lowest BCUT2D eigenvalue weighted by molar-refractivity contribution is 0.296. The zero-order chi connectivity index (χ0) is 21.1. The Kier molecular flexibility index (Phi) is 5.44. The van der Waals surface area contributed by atoms with Gasteiger partial charge in [-0.3, -0.25) is 9.88 Å². The topological polar surface area (TPSA) is 115 Å². The van der Waals surface area contributed by atoms with Gasteiger partial charge in [-0.25, -0.2) is 19.3 Å². The molecule has 0 saturated carbocycles. The highest BCUT2D eigenvalue weighted by Gasteiger charge is 2.05. The number of imidazole rings is 1. The molecule has 0 saturated heterocycles. The maximum atomic E-state index is 11.3. The molecule has 0 aliphatic carbocycles. The molecule has 0 amide bonds. The van der Waals surface area contributed by atoms with Gasteiger partial charge in [0.05, 0.1) is 11.9 Å². The van der Waals surface area contributed by atoms with Gasteiger partial charge in [0.1, 0.15) is 5.69 Å². The highest BCUT2D eigenvalue weighted by molar-refractivity contribution is 5.56. The average molecular weight is 405 g/mol. The summed E-state index contributed by atoms with van der Waals surface area (Å²) in [5, 5.41) is 14.7. The van der Waals surface area contributed by atoms with Gasteiger partial charge in [-0.15, -0.1) is 0 Å². The average Bonchev–Trinajstić information content (AvgIpc) is 3.28. The molecule has 30 heavy (non-hydrogen) atoms. The molecule has 9 heteroatoms. The van der Waals surface area contributed by atoms with E-state index in [0.29, 0.717) is 16.4 Å². The second kappa shape index (κ2) is 8.34. The third-order valence-electron chi connectivity index (χ3n) is 4.87. The first-order valence-electron chi connectivity index (χ1n) is 9.79. The van der Waals surface area contributed by atoms with Crippen molar-refractivity contribution in [2.45, 2.75) is 20.4 Å². The summed E-state index contributed by atoms with van der Waals surface area (Å²) in [7, 11) is 0. The van der Waals surface area contributed by atoms with Crippen LogP contribution in [0.1, 0.15) is 25.1 Å². The molecule has 0 atom stereocenters. The number of nitrogens with zero attached hydrogens (tertiary/aromatic N) is 5. The van der Waals surface area contributed by atoms with Crippen LogP contribution in [0.2, 0.25) is 0 Å². The van der Waals surface area contributed by atoms with E-state index in [9.17, 15) is 9.90 Å². The van der Waals surface area contributed by atoms with Crippen LogP contribution >= 0.6 is 0 Å². The molecule has 4 aromatic rings. The van der Waals surface area contributed by atoms with E-state index in [-0.39, 0.29) is 11.6 Å². The first kappa shape index (κ1) is 19.6. The molecule has 0 radical (unpaired) electrons. The Bertz CT molecular complexity index is 1350. The first-order valence-corrected chi connectivity index (χ1v) is 9.79. The number of aromatic nitrogens is 5. The molecule has 9 nitrogen and oxygen atoms in total. The Hall–Kier alpha value is -3.72. The highest BCUT2D eigenvalue weighted by atomic mass is 16.3. The van der Waals surface area contributed by atoms with Crippen LogP contribution in [0.25, 0.3) is 11.7 Å². The zero-order valence-electron chi connectivity index (χ0n) is 16.8. The van der Waals surface area contributed by atoms with Crippen molar-refractivity contribution in [2.24, 2.45) is 4.99 Å². The van der Waals surface area contributed by atoms with E-state index in [1.807, 2.05) is 12.1 Å². The van der Waals surface area contributed by atoms with Crippen LogP contribution in [0.3, 0.4) is 0 Å². The van der Waals surface area contributed by atoms with Gasteiger partial charge in [-0.1, -0.05) is 26.0 Å². The maximum Gasteiger partial charge on any atom is 0.326 e. The Balaban J connectivity index is 1.73. The van der Waals surface area contributed by atoms with Gasteiger partial charge < -0.3 is 10.1 Å². The van der Waals surface area contributed by atoms with Crippen molar-refractivity contribution in [1.82, 2.24) is 29.5 Å². The van der Waals surface area contributed by atoms with Gasteiger partial charge in [-0.05, 0) is 36.9 Å². The molecule has 3 aromatic heterocycles. The van der Waals surface area contributed by atoms with E-state index in [1.165, 1.54) is 5.56 Å². The van der Waals surface area contributed by atoms with Gasteiger partial charge in [0.25, 0.3) is 0 Å². The molecule has 154 valence electrons. The lowest BCUT2D eigenvalue weighted by Crippen LogP contribution is -2.21. The summed E-state index contributed by atoms with van der Waals surface area (Å²) in [6.45, 7) is 7.18. The SMILES string of the molecule is CCN(CC)Cc1cccc(N=c2ccn3ncc(=Cc4[nH]c(=O)[nH]c4O)c3n2)c1. The van der Waals surface area contributed by atoms with E-state index in [2.05, 4.69) is 55.9 Å². The Morgan fingerprint density at radius 1 is 1.23 bits per heavy atom. The summed E-state index contributed by atoms with van der Waals surface area (Å²) < 4.78 is 1.61. The molecule has 0 aliphatic rings. The highest BCUT2D eigenvalue weighted by Crippen LogP contribution is 2.15. The van der Waals surface area contributed by atoms with Crippen molar-refractivity contribution >= 4 is 17.4 Å². The molecular formula is C21H23N7O2. The second-order valence-corrected chi connectivity index (χ2v) is 6.88. The third kappa shape index (κ3) is 4.15. The Labute approximate surface area is 172 Å². The van der Waals surface area contributed by atoms with Crippen LogP contribution < -0.4 is 16.4 Å². The largest absolute Gasteiger partial charge is 0.493 e. The predicted octanol–water partition coefficient (Wildman–Crippen LogP) is 1.07. The predicted molar refractivity (Wildman–Crippen MR) is 113 cm³/mol. The van der Waals surface area contributed by atoms with Crippen molar-refractivity contribution in [1.29, 1.82) is 0 Å². The zero-order valence-corrected chi connectivity index (χ0v) is 16.8. The minimum Gasteiger partial charge on any atom is -0.493 e. The van der Waals surface area contributed by atoms with Crippen LogP contribution in [-0.2, 0) is 6.54 Å². The summed E-state index contributed by atoms with van der Waals surface area (Å²) in [6, 6.07) is 9.90. The third-order valence-corrected chi connectivity index (χ3v) is 4.87.